The zero-order valence-corrected chi connectivity index (χ0v) is 10.7. The van der Waals surface area contributed by atoms with Crippen LogP contribution in [0.5, 0.6) is 0 Å². The van der Waals surface area contributed by atoms with Crippen LogP contribution < -0.4 is 5.01 Å². The van der Waals surface area contributed by atoms with Gasteiger partial charge in [-0.25, -0.2) is 5.01 Å². The van der Waals surface area contributed by atoms with E-state index in [2.05, 4.69) is 34.8 Å². The fourth-order valence-electron chi connectivity index (χ4n) is 2.69. The number of hydrazine groups is 1. The van der Waals surface area contributed by atoms with Crippen molar-refractivity contribution in [1.29, 1.82) is 0 Å². The lowest BCUT2D eigenvalue weighted by atomic mass is 9.80. The van der Waals surface area contributed by atoms with Gasteiger partial charge in [-0.1, -0.05) is 0 Å². The first-order chi connectivity index (χ1) is 8.28. The van der Waals surface area contributed by atoms with Crippen LogP contribution in [0.25, 0.3) is 0 Å². The van der Waals surface area contributed by atoms with Crippen molar-refractivity contribution in [2.24, 2.45) is 5.92 Å². The third-order valence-corrected chi connectivity index (χ3v) is 4.19. The molecule has 4 heteroatoms. The number of aliphatic hydroxyl groups is 1. The molecule has 1 aromatic rings. The van der Waals surface area contributed by atoms with E-state index < -0.39 is 0 Å². The third-order valence-electron chi connectivity index (χ3n) is 3.89. The molecule has 1 heterocycles. The molecule has 1 saturated carbocycles. The van der Waals surface area contributed by atoms with Crippen molar-refractivity contribution >= 4 is 18.3 Å². The van der Waals surface area contributed by atoms with Crippen LogP contribution in [0.1, 0.15) is 12.8 Å². The van der Waals surface area contributed by atoms with E-state index in [0.717, 1.165) is 30.8 Å². The normalized spacial score (nSPS) is 28.7. The van der Waals surface area contributed by atoms with Crippen LogP contribution in [0.2, 0.25) is 0 Å². The van der Waals surface area contributed by atoms with Gasteiger partial charge in [-0.15, -0.1) is 12.6 Å². The van der Waals surface area contributed by atoms with Gasteiger partial charge in [-0.3, -0.25) is 0 Å². The molecule has 3 nitrogen and oxygen atoms in total. The first-order valence-electron chi connectivity index (χ1n) is 6.22. The number of hydrogen-bond acceptors (Lipinski definition) is 4. The van der Waals surface area contributed by atoms with Gasteiger partial charge >= 0.3 is 0 Å². The number of hydrogen-bond donors (Lipinski definition) is 2. The summed E-state index contributed by atoms with van der Waals surface area (Å²) < 4.78 is 0. The Hall–Kier alpha value is -0.710. The second kappa shape index (κ2) is 4.52. The van der Waals surface area contributed by atoms with Crippen molar-refractivity contribution in [2.45, 2.75) is 23.8 Å². The molecule has 2 fully saturated rings. The Morgan fingerprint density at radius 3 is 2.41 bits per heavy atom. The molecular formula is C13H18N2OS. The summed E-state index contributed by atoms with van der Waals surface area (Å²) in [5, 5.41) is 13.8. The van der Waals surface area contributed by atoms with Gasteiger partial charge in [0, 0.05) is 30.6 Å². The highest BCUT2D eigenvalue weighted by molar-refractivity contribution is 7.80. The molecule has 17 heavy (non-hydrogen) atoms. The van der Waals surface area contributed by atoms with E-state index in [1.165, 1.54) is 5.69 Å². The first kappa shape index (κ1) is 11.4. The van der Waals surface area contributed by atoms with Crippen LogP contribution in [-0.2, 0) is 0 Å². The summed E-state index contributed by atoms with van der Waals surface area (Å²) in [6.07, 6.45) is 2.27. The minimum absolute atomic E-state index is 0.346. The second-order valence-corrected chi connectivity index (χ2v) is 5.49. The average Bonchev–Trinajstić information content (AvgIpc) is 2.24. The van der Waals surface area contributed by atoms with Crippen LogP contribution in [-0.4, -0.2) is 35.9 Å². The Morgan fingerprint density at radius 2 is 1.88 bits per heavy atom. The molecular weight excluding hydrogens is 232 g/mol. The maximum Gasteiger partial charge on any atom is 0.0523 e. The van der Waals surface area contributed by atoms with Gasteiger partial charge in [0.15, 0.2) is 0 Å². The quantitative estimate of drug-likeness (QED) is 0.801. The molecule has 1 aliphatic heterocycles. The van der Waals surface area contributed by atoms with E-state index in [4.69, 9.17) is 5.11 Å². The average molecular weight is 250 g/mol. The van der Waals surface area contributed by atoms with Crippen molar-refractivity contribution < 1.29 is 5.11 Å². The minimum Gasteiger partial charge on any atom is -0.396 e. The van der Waals surface area contributed by atoms with Gasteiger partial charge in [-0.05, 0) is 43.0 Å². The molecule has 2 aliphatic rings. The van der Waals surface area contributed by atoms with Gasteiger partial charge in [0.25, 0.3) is 0 Å². The molecule has 0 unspecified atom stereocenters. The minimum atomic E-state index is 0.346. The Morgan fingerprint density at radius 1 is 1.18 bits per heavy atom. The lowest BCUT2D eigenvalue weighted by Crippen LogP contribution is -2.64. The summed E-state index contributed by atoms with van der Waals surface area (Å²) in [5.41, 5.74) is 1.25. The third kappa shape index (κ3) is 2.05. The SMILES string of the molecule is OCC1CC(N2CCN2c2ccc(S)cc2)C1. The standard InChI is InChI=1S/C13H18N2OS/c16-9-10-7-12(8-10)15-6-5-14(15)11-1-3-13(17)4-2-11/h1-4,10,12,16-17H,5-9H2. The van der Waals surface area contributed by atoms with Crippen molar-refractivity contribution in [3.8, 4) is 0 Å². The van der Waals surface area contributed by atoms with Gasteiger partial charge in [-0.2, -0.15) is 0 Å². The Labute approximate surface area is 107 Å². The lowest BCUT2D eigenvalue weighted by Gasteiger charge is -2.54. The molecule has 1 aromatic carbocycles. The molecule has 0 radical (unpaired) electrons. The number of anilines is 1. The summed E-state index contributed by atoms with van der Waals surface area (Å²) in [5.74, 6) is 0.530. The predicted molar refractivity (Wildman–Crippen MR) is 71.3 cm³/mol. The second-order valence-electron chi connectivity index (χ2n) is 4.98. The zero-order valence-electron chi connectivity index (χ0n) is 9.79. The first-order valence-corrected chi connectivity index (χ1v) is 6.66. The summed E-state index contributed by atoms with van der Waals surface area (Å²) in [4.78, 5) is 1.00. The van der Waals surface area contributed by atoms with E-state index in [9.17, 15) is 0 Å². The smallest absolute Gasteiger partial charge is 0.0523 e. The largest absolute Gasteiger partial charge is 0.396 e. The van der Waals surface area contributed by atoms with Crippen LogP contribution in [0.4, 0.5) is 5.69 Å². The van der Waals surface area contributed by atoms with Gasteiger partial charge in [0.1, 0.15) is 0 Å². The zero-order chi connectivity index (χ0) is 11.8. The molecule has 0 atom stereocenters. The molecule has 0 bridgehead atoms. The van der Waals surface area contributed by atoms with E-state index in [1.54, 1.807) is 0 Å². The van der Waals surface area contributed by atoms with E-state index in [0.29, 0.717) is 18.6 Å². The highest BCUT2D eigenvalue weighted by Gasteiger charge is 2.39. The molecule has 0 amide bonds. The molecule has 1 saturated heterocycles. The number of rotatable bonds is 3. The van der Waals surface area contributed by atoms with E-state index in [1.807, 2.05) is 12.1 Å². The molecule has 0 spiro atoms. The summed E-state index contributed by atoms with van der Waals surface area (Å²) in [6.45, 7) is 2.59. The van der Waals surface area contributed by atoms with Crippen molar-refractivity contribution in [2.75, 3.05) is 24.7 Å². The van der Waals surface area contributed by atoms with Gasteiger partial charge in [0.05, 0.1) is 5.69 Å². The molecule has 1 aliphatic carbocycles. The van der Waals surface area contributed by atoms with Gasteiger partial charge in [0.2, 0.25) is 0 Å². The van der Waals surface area contributed by atoms with Gasteiger partial charge < -0.3 is 10.1 Å². The molecule has 0 aromatic heterocycles. The number of thiol groups is 1. The molecule has 3 rings (SSSR count). The number of nitrogens with zero attached hydrogens (tertiary/aromatic N) is 2. The molecule has 1 N–H and O–H groups in total. The predicted octanol–water partition coefficient (Wildman–Crippen LogP) is 1.78. The van der Waals surface area contributed by atoms with E-state index >= 15 is 0 Å². The lowest BCUT2D eigenvalue weighted by molar-refractivity contribution is 0.00576. The highest BCUT2D eigenvalue weighted by atomic mass is 32.1. The van der Waals surface area contributed by atoms with Crippen LogP contribution >= 0.6 is 12.6 Å². The maximum atomic E-state index is 9.05. The summed E-state index contributed by atoms with van der Waals surface area (Å²) in [7, 11) is 0. The Kier molecular flexibility index (Phi) is 3.03. The fourth-order valence-corrected chi connectivity index (χ4v) is 2.84. The Balaban J connectivity index is 1.63. The van der Waals surface area contributed by atoms with Crippen molar-refractivity contribution in [3.05, 3.63) is 24.3 Å². The van der Waals surface area contributed by atoms with E-state index in [-0.39, 0.29) is 0 Å². The number of benzene rings is 1. The van der Waals surface area contributed by atoms with Crippen molar-refractivity contribution in [3.63, 3.8) is 0 Å². The topological polar surface area (TPSA) is 26.7 Å². The highest BCUT2D eigenvalue weighted by Crippen LogP contribution is 2.36. The maximum absolute atomic E-state index is 9.05. The van der Waals surface area contributed by atoms with Crippen molar-refractivity contribution in [1.82, 2.24) is 5.01 Å². The molecule has 92 valence electrons. The number of aliphatic hydroxyl groups excluding tert-OH is 1. The van der Waals surface area contributed by atoms with Crippen LogP contribution in [0.3, 0.4) is 0 Å². The fraction of sp³-hybridized carbons (Fsp3) is 0.538. The van der Waals surface area contributed by atoms with Crippen LogP contribution in [0, 0.1) is 5.92 Å². The summed E-state index contributed by atoms with van der Waals surface area (Å²) >= 11 is 4.30. The monoisotopic (exact) mass is 250 g/mol. The van der Waals surface area contributed by atoms with Crippen LogP contribution in [0.15, 0.2) is 29.2 Å². The Bertz CT molecular complexity index is 389. The summed E-state index contributed by atoms with van der Waals surface area (Å²) in [6, 6.07) is 8.95.